The second-order valence-corrected chi connectivity index (χ2v) is 4.92. The minimum absolute atomic E-state index is 0.955. The van der Waals surface area contributed by atoms with E-state index in [0.717, 1.165) is 17.3 Å². The van der Waals surface area contributed by atoms with Crippen LogP contribution >= 0.6 is 15.9 Å². The minimum atomic E-state index is 0.955. The molecule has 2 atom stereocenters. The Kier molecular flexibility index (Phi) is 3.08. The lowest BCUT2D eigenvalue weighted by Gasteiger charge is -2.31. The van der Waals surface area contributed by atoms with Crippen molar-refractivity contribution in [1.29, 1.82) is 0 Å². The zero-order valence-electron chi connectivity index (χ0n) is 7.64. The van der Waals surface area contributed by atoms with Crippen LogP contribution in [0.15, 0.2) is 0 Å². The summed E-state index contributed by atoms with van der Waals surface area (Å²) in [5, 5.41) is 1.15. The molecule has 2 fully saturated rings. The predicted molar refractivity (Wildman–Crippen MR) is 55.7 cm³/mol. The highest BCUT2D eigenvalue weighted by molar-refractivity contribution is 9.09. The van der Waals surface area contributed by atoms with Gasteiger partial charge in [0.1, 0.15) is 0 Å². The van der Waals surface area contributed by atoms with Crippen molar-refractivity contribution in [3.8, 4) is 0 Å². The highest BCUT2D eigenvalue weighted by Gasteiger charge is 2.34. The van der Waals surface area contributed by atoms with Gasteiger partial charge in [0.05, 0.1) is 0 Å². The van der Waals surface area contributed by atoms with Gasteiger partial charge in [0.2, 0.25) is 0 Å². The molecule has 70 valence electrons. The average molecular weight is 232 g/mol. The van der Waals surface area contributed by atoms with Crippen molar-refractivity contribution in [1.82, 2.24) is 4.90 Å². The number of fused-ring (bicyclic) bond motifs is 1. The van der Waals surface area contributed by atoms with Gasteiger partial charge >= 0.3 is 0 Å². The van der Waals surface area contributed by atoms with Crippen LogP contribution in [0, 0.1) is 5.92 Å². The Balaban J connectivity index is 1.92. The van der Waals surface area contributed by atoms with Crippen LogP contribution in [0.5, 0.6) is 0 Å². The summed E-state index contributed by atoms with van der Waals surface area (Å²) in [5.41, 5.74) is 0. The molecule has 1 saturated heterocycles. The lowest BCUT2D eigenvalue weighted by Crippen LogP contribution is -2.35. The molecule has 2 heteroatoms. The summed E-state index contributed by atoms with van der Waals surface area (Å²) in [6, 6.07) is 0.955. The topological polar surface area (TPSA) is 3.24 Å². The van der Waals surface area contributed by atoms with Crippen LogP contribution in [0.1, 0.15) is 32.1 Å². The summed E-state index contributed by atoms with van der Waals surface area (Å²) in [6.07, 6.45) is 7.40. The number of halogens is 1. The molecular weight excluding hydrogens is 214 g/mol. The molecule has 0 amide bonds. The van der Waals surface area contributed by atoms with Gasteiger partial charge in [0.15, 0.2) is 0 Å². The number of likely N-dealkylation sites (tertiary alicyclic amines) is 1. The van der Waals surface area contributed by atoms with Gasteiger partial charge < -0.3 is 0 Å². The Labute approximate surface area is 83.6 Å². The van der Waals surface area contributed by atoms with Crippen LogP contribution < -0.4 is 0 Å². The molecule has 0 bridgehead atoms. The van der Waals surface area contributed by atoms with E-state index < -0.39 is 0 Å². The average Bonchev–Trinajstić information content (AvgIpc) is 2.50. The molecule has 12 heavy (non-hydrogen) atoms. The molecule has 0 radical (unpaired) electrons. The fourth-order valence-corrected chi connectivity index (χ4v) is 3.34. The molecular formula is C10H18BrN. The Morgan fingerprint density at radius 3 is 2.83 bits per heavy atom. The zero-order chi connectivity index (χ0) is 8.39. The lowest BCUT2D eigenvalue weighted by atomic mass is 9.85. The van der Waals surface area contributed by atoms with Crippen LogP contribution in [-0.4, -0.2) is 29.4 Å². The Morgan fingerprint density at radius 1 is 1.17 bits per heavy atom. The lowest BCUT2D eigenvalue weighted by molar-refractivity contribution is 0.192. The molecule has 0 spiro atoms. The number of hydrogen-bond donors (Lipinski definition) is 0. The van der Waals surface area contributed by atoms with Gasteiger partial charge in [-0.05, 0) is 31.7 Å². The first-order valence-electron chi connectivity index (χ1n) is 5.22. The standard InChI is InChI=1S/C10H18BrN/c11-6-8-12-7-5-9-3-1-2-4-10(9)12/h9-10H,1-8H2. The van der Waals surface area contributed by atoms with E-state index in [-0.39, 0.29) is 0 Å². The van der Waals surface area contributed by atoms with Crippen LogP contribution in [0.25, 0.3) is 0 Å². The summed E-state index contributed by atoms with van der Waals surface area (Å²) >= 11 is 3.53. The summed E-state index contributed by atoms with van der Waals surface area (Å²) in [4.78, 5) is 2.69. The highest BCUT2D eigenvalue weighted by Crippen LogP contribution is 2.35. The monoisotopic (exact) mass is 231 g/mol. The van der Waals surface area contributed by atoms with Gasteiger partial charge in [-0.15, -0.1) is 0 Å². The van der Waals surface area contributed by atoms with Crippen LogP contribution in [0.3, 0.4) is 0 Å². The minimum Gasteiger partial charge on any atom is -0.299 e. The third kappa shape index (κ3) is 1.69. The first kappa shape index (κ1) is 9.01. The fraction of sp³-hybridized carbons (Fsp3) is 1.00. The largest absolute Gasteiger partial charge is 0.299 e. The second kappa shape index (κ2) is 4.10. The van der Waals surface area contributed by atoms with Crippen LogP contribution in [0.2, 0.25) is 0 Å². The first-order valence-corrected chi connectivity index (χ1v) is 6.34. The van der Waals surface area contributed by atoms with Gasteiger partial charge in [-0.3, -0.25) is 4.90 Å². The van der Waals surface area contributed by atoms with Crippen molar-refractivity contribution in [2.75, 3.05) is 18.4 Å². The molecule has 2 aliphatic rings. The SMILES string of the molecule is BrCCN1CCC2CCCCC21. The second-order valence-electron chi connectivity index (χ2n) is 4.13. The van der Waals surface area contributed by atoms with E-state index >= 15 is 0 Å². The fourth-order valence-electron chi connectivity index (χ4n) is 2.89. The number of hydrogen-bond acceptors (Lipinski definition) is 1. The zero-order valence-corrected chi connectivity index (χ0v) is 9.22. The van der Waals surface area contributed by atoms with Crippen molar-refractivity contribution in [3.05, 3.63) is 0 Å². The van der Waals surface area contributed by atoms with E-state index in [0.29, 0.717) is 0 Å². The summed E-state index contributed by atoms with van der Waals surface area (Å²) < 4.78 is 0. The van der Waals surface area contributed by atoms with E-state index in [1.807, 2.05) is 0 Å². The number of nitrogens with zero attached hydrogens (tertiary/aromatic N) is 1. The maximum atomic E-state index is 3.53. The van der Waals surface area contributed by atoms with E-state index in [1.54, 1.807) is 0 Å². The number of alkyl halides is 1. The highest BCUT2D eigenvalue weighted by atomic mass is 79.9. The molecule has 0 aromatic heterocycles. The summed E-state index contributed by atoms with van der Waals surface area (Å²) in [6.45, 7) is 2.63. The Bertz CT molecular complexity index is 149. The molecule has 1 aliphatic heterocycles. The molecule has 0 aromatic carbocycles. The maximum absolute atomic E-state index is 3.53. The first-order chi connectivity index (χ1) is 5.92. The summed E-state index contributed by atoms with van der Waals surface area (Å²) in [5.74, 6) is 1.05. The van der Waals surface area contributed by atoms with Crippen LogP contribution in [0.4, 0.5) is 0 Å². The molecule has 1 aliphatic carbocycles. The van der Waals surface area contributed by atoms with Gasteiger partial charge in [-0.1, -0.05) is 28.8 Å². The van der Waals surface area contributed by atoms with Gasteiger partial charge in [0.25, 0.3) is 0 Å². The maximum Gasteiger partial charge on any atom is 0.0159 e. The third-order valence-electron chi connectivity index (χ3n) is 3.50. The molecule has 0 aromatic rings. The van der Waals surface area contributed by atoms with E-state index in [2.05, 4.69) is 20.8 Å². The molecule has 1 saturated carbocycles. The van der Waals surface area contributed by atoms with Gasteiger partial charge in [0, 0.05) is 17.9 Å². The molecule has 2 rings (SSSR count). The van der Waals surface area contributed by atoms with E-state index in [9.17, 15) is 0 Å². The summed E-state index contributed by atoms with van der Waals surface area (Å²) in [7, 11) is 0. The van der Waals surface area contributed by atoms with Crippen molar-refractivity contribution >= 4 is 15.9 Å². The molecule has 2 unspecified atom stereocenters. The van der Waals surface area contributed by atoms with Crippen molar-refractivity contribution in [3.63, 3.8) is 0 Å². The smallest absolute Gasteiger partial charge is 0.0159 e. The van der Waals surface area contributed by atoms with Crippen molar-refractivity contribution < 1.29 is 0 Å². The van der Waals surface area contributed by atoms with Crippen LogP contribution in [-0.2, 0) is 0 Å². The van der Waals surface area contributed by atoms with E-state index in [4.69, 9.17) is 0 Å². The Morgan fingerprint density at radius 2 is 2.00 bits per heavy atom. The molecule has 0 N–H and O–H groups in total. The van der Waals surface area contributed by atoms with Crippen molar-refractivity contribution in [2.24, 2.45) is 5.92 Å². The van der Waals surface area contributed by atoms with Crippen molar-refractivity contribution in [2.45, 2.75) is 38.1 Å². The number of rotatable bonds is 2. The normalized spacial score (nSPS) is 36.8. The third-order valence-corrected chi connectivity index (χ3v) is 3.85. The quantitative estimate of drug-likeness (QED) is 0.661. The predicted octanol–water partition coefficient (Wildman–Crippen LogP) is 2.65. The van der Waals surface area contributed by atoms with E-state index in [1.165, 1.54) is 45.2 Å². The molecule has 1 nitrogen and oxygen atoms in total. The van der Waals surface area contributed by atoms with Gasteiger partial charge in [-0.2, -0.15) is 0 Å². The Hall–Kier alpha value is 0.440. The van der Waals surface area contributed by atoms with Gasteiger partial charge in [-0.25, -0.2) is 0 Å². The molecule has 1 heterocycles.